The van der Waals surface area contributed by atoms with E-state index in [-0.39, 0.29) is 11.8 Å². The third-order valence-electron chi connectivity index (χ3n) is 4.77. The Morgan fingerprint density at radius 2 is 1.52 bits per heavy atom. The third kappa shape index (κ3) is 4.69. The Morgan fingerprint density at radius 3 is 2.16 bits per heavy atom. The van der Waals surface area contributed by atoms with E-state index in [1.807, 2.05) is 43.3 Å². The quantitative estimate of drug-likeness (QED) is 0.826. The molecule has 0 bridgehead atoms. The molecule has 0 radical (unpaired) electrons. The molecule has 0 spiro atoms. The predicted octanol–water partition coefficient (Wildman–Crippen LogP) is 4.77. The van der Waals surface area contributed by atoms with Gasteiger partial charge in [-0.15, -0.1) is 0 Å². The van der Waals surface area contributed by atoms with Gasteiger partial charge in [-0.2, -0.15) is 0 Å². The summed E-state index contributed by atoms with van der Waals surface area (Å²) in [6.45, 7) is 1.91. The van der Waals surface area contributed by atoms with Crippen LogP contribution in [0.25, 0.3) is 0 Å². The Bertz CT molecular complexity index is 747. The monoisotopic (exact) mass is 336 g/mol. The fourth-order valence-corrected chi connectivity index (χ4v) is 3.35. The summed E-state index contributed by atoms with van der Waals surface area (Å²) in [5.74, 6) is 0.479. The smallest absolute Gasteiger partial charge is 0.255 e. The van der Waals surface area contributed by atoms with Crippen LogP contribution < -0.4 is 10.6 Å². The van der Waals surface area contributed by atoms with Crippen LogP contribution in [-0.2, 0) is 4.79 Å². The zero-order valence-electron chi connectivity index (χ0n) is 14.5. The molecule has 25 heavy (non-hydrogen) atoms. The molecular formula is C21H24N2O2. The molecule has 0 aromatic heterocycles. The molecule has 0 heterocycles. The molecule has 1 fully saturated rings. The molecule has 0 saturated heterocycles. The van der Waals surface area contributed by atoms with Gasteiger partial charge in [0.05, 0.1) is 0 Å². The Balaban J connectivity index is 1.55. The second-order valence-corrected chi connectivity index (χ2v) is 6.75. The highest BCUT2D eigenvalue weighted by atomic mass is 16.2. The minimum atomic E-state index is -0.129. The summed E-state index contributed by atoms with van der Waals surface area (Å²) in [4.78, 5) is 24.4. The standard InChI is InChI=1S/C21H24N2O2/c1-15-6-2-5-9-19(15)21(25)23-18-12-10-17(11-13-18)22-20(24)14-16-7-3-4-8-16/h2,5-6,9-13,16H,3-4,7-8,14H2,1H3,(H,22,24)(H,23,25). The number of amides is 2. The van der Waals surface area contributed by atoms with Gasteiger partial charge >= 0.3 is 0 Å². The third-order valence-corrected chi connectivity index (χ3v) is 4.77. The lowest BCUT2D eigenvalue weighted by molar-refractivity contribution is -0.117. The van der Waals surface area contributed by atoms with Crippen molar-refractivity contribution < 1.29 is 9.59 Å². The van der Waals surface area contributed by atoms with E-state index in [0.29, 0.717) is 23.6 Å². The van der Waals surface area contributed by atoms with Crippen LogP contribution in [0.1, 0.15) is 48.0 Å². The van der Waals surface area contributed by atoms with E-state index in [1.165, 1.54) is 12.8 Å². The first-order valence-electron chi connectivity index (χ1n) is 8.89. The van der Waals surface area contributed by atoms with Gasteiger partial charge in [0.1, 0.15) is 0 Å². The van der Waals surface area contributed by atoms with Gasteiger partial charge in [-0.3, -0.25) is 9.59 Å². The molecule has 4 nitrogen and oxygen atoms in total. The fraction of sp³-hybridized carbons (Fsp3) is 0.333. The van der Waals surface area contributed by atoms with Gasteiger partial charge in [0, 0.05) is 23.4 Å². The predicted molar refractivity (Wildman–Crippen MR) is 101 cm³/mol. The van der Waals surface area contributed by atoms with Crippen molar-refractivity contribution >= 4 is 23.2 Å². The van der Waals surface area contributed by atoms with Crippen LogP contribution in [0.3, 0.4) is 0 Å². The normalized spacial score (nSPS) is 14.3. The van der Waals surface area contributed by atoms with Crippen LogP contribution in [0, 0.1) is 12.8 Å². The molecule has 2 aromatic rings. The average molecular weight is 336 g/mol. The van der Waals surface area contributed by atoms with Gasteiger partial charge in [-0.25, -0.2) is 0 Å². The van der Waals surface area contributed by atoms with E-state index in [2.05, 4.69) is 10.6 Å². The number of aryl methyl sites for hydroxylation is 1. The minimum absolute atomic E-state index is 0.0728. The summed E-state index contributed by atoms with van der Waals surface area (Å²) >= 11 is 0. The largest absolute Gasteiger partial charge is 0.326 e. The lowest BCUT2D eigenvalue weighted by atomic mass is 10.0. The maximum atomic E-state index is 12.3. The SMILES string of the molecule is Cc1ccccc1C(=O)Nc1ccc(NC(=O)CC2CCCC2)cc1. The van der Waals surface area contributed by atoms with Gasteiger partial charge in [0.15, 0.2) is 0 Å². The number of anilines is 2. The van der Waals surface area contributed by atoms with Gasteiger partial charge in [0.2, 0.25) is 5.91 Å². The van der Waals surface area contributed by atoms with E-state index in [4.69, 9.17) is 0 Å². The van der Waals surface area contributed by atoms with Crippen LogP contribution in [0.4, 0.5) is 11.4 Å². The van der Waals surface area contributed by atoms with Gasteiger partial charge < -0.3 is 10.6 Å². The molecule has 2 N–H and O–H groups in total. The molecule has 0 unspecified atom stereocenters. The average Bonchev–Trinajstić information content (AvgIpc) is 3.10. The van der Waals surface area contributed by atoms with Crippen molar-refractivity contribution in [2.24, 2.45) is 5.92 Å². The summed E-state index contributed by atoms with van der Waals surface area (Å²) in [6.07, 6.45) is 5.42. The lowest BCUT2D eigenvalue weighted by Crippen LogP contribution is -2.15. The highest BCUT2D eigenvalue weighted by Gasteiger charge is 2.18. The van der Waals surface area contributed by atoms with Gasteiger partial charge in [-0.05, 0) is 61.6 Å². The zero-order chi connectivity index (χ0) is 17.6. The van der Waals surface area contributed by atoms with E-state index < -0.39 is 0 Å². The Kier molecular flexibility index (Phi) is 5.49. The second-order valence-electron chi connectivity index (χ2n) is 6.75. The van der Waals surface area contributed by atoms with Crippen molar-refractivity contribution in [2.45, 2.75) is 39.0 Å². The molecule has 0 aliphatic heterocycles. The first kappa shape index (κ1) is 17.2. The molecule has 1 saturated carbocycles. The Morgan fingerprint density at radius 1 is 0.920 bits per heavy atom. The lowest BCUT2D eigenvalue weighted by Gasteiger charge is -2.11. The van der Waals surface area contributed by atoms with Crippen LogP contribution >= 0.6 is 0 Å². The first-order chi connectivity index (χ1) is 12.1. The summed E-state index contributed by atoms with van der Waals surface area (Å²) < 4.78 is 0. The summed E-state index contributed by atoms with van der Waals surface area (Å²) in [6, 6.07) is 14.7. The number of carbonyl (C=O) groups excluding carboxylic acids is 2. The first-order valence-corrected chi connectivity index (χ1v) is 8.89. The summed E-state index contributed by atoms with van der Waals surface area (Å²) in [7, 11) is 0. The van der Waals surface area contributed by atoms with E-state index in [0.717, 1.165) is 24.1 Å². The second kappa shape index (κ2) is 7.97. The van der Waals surface area contributed by atoms with Crippen molar-refractivity contribution in [1.82, 2.24) is 0 Å². The maximum Gasteiger partial charge on any atom is 0.255 e. The minimum Gasteiger partial charge on any atom is -0.326 e. The molecule has 2 aromatic carbocycles. The summed E-state index contributed by atoms with van der Waals surface area (Å²) in [5, 5.41) is 5.83. The van der Waals surface area contributed by atoms with E-state index >= 15 is 0 Å². The van der Waals surface area contributed by atoms with Crippen molar-refractivity contribution in [3.05, 3.63) is 59.7 Å². The number of hydrogen-bond donors (Lipinski definition) is 2. The van der Waals surface area contributed by atoms with E-state index in [9.17, 15) is 9.59 Å². The molecule has 1 aliphatic rings. The molecular weight excluding hydrogens is 312 g/mol. The van der Waals surface area contributed by atoms with Crippen molar-refractivity contribution in [3.8, 4) is 0 Å². The number of hydrogen-bond acceptors (Lipinski definition) is 2. The molecule has 1 aliphatic carbocycles. The van der Waals surface area contributed by atoms with Crippen molar-refractivity contribution in [2.75, 3.05) is 10.6 Å². The molecule has 3 rings (SSSR count). The molecule has 130 valence electrons. The van der Waals surface area contributed by atoms with Crippen LogP contribution in [0.15, 0.2) is 48.5 Å². The fourth-order valence-electron chi connectivity index (χ4n) is 3.35. The number of benzene rings is 2. The topological polar surface area (TPSA) is 58.2 Å². The zero-order valence-corrected chi connectivity index (χ0v) is 14.5. The van der Waals surface area contributed by atoms with E-state index in [1.54, 1.807) is 12.1 Å². The Labute approximate surface area is 148 Å². The molecule has 4 heteroatoms. The highest BCUT2D eigenvalue weighted by Crippen LogP contribution is 2.27. The Hall–Kier alpha value is -2.62. The number of rotatable bonds is 5. The van der Waals surface area contributed by atoms with Gasteiger partial charge in [-0.1, -0.05) is 31.0 Å². The van der Waals surface area contributed by atoms with Crippen LogP contribution in [-0.4, -0.2) is 11.8 Å². The van der Waals surface area contributed by atoms with Crippen LogP contribution in [0.2, 0.25) is 0 Å². The summed E-state index contributed by atoms with van der Waals surface area (Å²) in [5.41, 5.74) is 3.08. The van der Waals surface area contributed by atoms with Gasteiger partial charge in [0.25, 0.3) is 5.91 Å². The number of nitrogens with one attached hydrogen (secondary N) is 2. The molecule has 2 amide bonds. The highest BCUT2D eigenvalue weighted by molar-refractivity contribution is 6.05. The molecule has 0 atom stereocenters. The maximum absolute atomic E-state index is 12.3. The van der Waals surface area contributed by atoms with Crippen molar-refractivity contribution in [3.63, 3.8) is 0 Å². The van der Waals surface area contributed by atoms with Crippen molar-refractivity contribution in [1.29, 1.82) is 0 Å². The van der Waals surface area contributed by atoms with Crippen LogP contribution in [0.5, 0.6) is 0 Å². The number of carbonyl (C=O) groups is 2.